The summed E-state index contributed by atoms with van der Waals surface area (Å²) in [6.07, 6.45) is 8.66. The number of hydrogen-bond donors (Lipinski definition) is 0. The van der Waals surface area contributed by atoms with E-state index in [2.05, 4.69) is 215 Å². The summed E-state index contributed by atoms with van der Waals surface area (Å²) in [5, 5.41) is 0. The summed E-state index contributed by atoms with van der Waals surface area (Å²) < 4.78 is 0. The van der Waals surface area contributed by atoms with Crippen LogP contribution in [0.25, 0.3) is 44.5 Å². The zero-order valence-corrected chi connectivity index (χ0v) is 39.7. The van der Waals surface area contributed by atoms with E-state index in [4.69, 9.17) is 0 Å². The molecule has 8 aromatic rings. The van der Waals surface area contributed by atoms with Crippen LogP contribution in [0.3, 0.4) is 0 Å². The van der Waals surface area contributed by atoms with Crippen LogP contribution in [0.15, 0.2) is 176 Å². The van der Waals surface area contributed by atoms with Crippen molar-refractivity contribution in [2.75, 3.05) is 4.90 Å². The lowest BCUT2D eigenvalue weighted by atomic mass is 9.48. The first-order chi connectivity index (χ1) is 32.5. The molecule has 0 heterocycles. The Morgan fingerprint density at radius 2 is 0.955 bits per heavy atom. The smallest absolute Gasteiger partial charge is 0.0726 e. The highest BCUT2D eigenvalue weighted by Gasteiger charge is 2.54. The van der Waals surface area contributed by atoms with E-state index in [0.29, 0.717) is 5.41 Å². The first kappa shape index (κ1) is 39.7. The Labute approximate surface area is 397 Å². The van der Waals surface area contributed by atoms with Gasteiger partial charge in [0, 0.05) is 22.4 Å². The molecule has 0 radical (unpaired) electrons. The molecule has 15 rings (SSSR count). The lowest BCUT2D eigenvalue weighted by Crippen LogP contribution is -2.48. The molecular formula is C66H59N. The minimum Gasteiger partial charge on any atom is -0.310 e. The highest BCUT2D eigenvalue weighted by molar-refractivity contribution is 6.01. The molecule has 1 nitrogen and oxygen atoms in total. The lowest BCUT2D eigenvalue weighted by Gasteiger charge is -2.57. The summed E-state index contributed by atoms with van der Waals surface area (Å²) in [7, 11) is 0. The zero-order valence-electron chi connectivity index (χ0n) is 39.7. The van der Waals surface area contributed by atoms with Crippen molar-refractivity contribution in [2.45, 2.75) is 94.8 Å². The second-order valence-electron chi connectivity index (χ2n) is 23.1. The van der Waals surface area contributed by atoms with Gasteiger partial charge in [0.15, 0.2) is 0 Å². The molecule has 67 heavy (non-hydrogen) atoms. The standard InChI is InChI=1S/C66H59N/c1-63(2,3)47-27-31-52-50-13-7-10-17-57(50)66(60(52)36-47)58-18-11-8-15-53(58)62-59(66)19-12-20-61(62)67(49-30-32-56-54(37-49)51-14-6-9-16-55(51)64(56,4)5)48-28-23-45(24-29-48)44-21-25-46(26-22-44)65-38-41-33-42(39-65)35-43(34-41)40-65/h6-32,36-37,41-43H,33-35,38-40H2,1-5H3. The third-order valence-corrected chi connectivity index (χ3v) is 18.0. The van der Waals surface area contributed by atoms with E-state index in [9.17, 15) is 0 Å². The van der Waals surface area contributed by atoms with E-state index in [-0.39, 0.29) is 10.8 Å². The molecule has 0 N–H and O–H groups in total. The molecule has 8 aromatic carbocycles. The predicted octanol–water partition coefficient (Wildman–Crippen LogP) is 17.2. The van der Waals surface area contributed by atoms with Gasteiger partial charge in [0.25, 0.3) is 0 Å². The van der Waals surface area contributed by atoms with Crippen LogP contribution in [0.4, 0.5) is 17.1 Å². The fourth-order valence-electron chi connectivity index (χ4n) is 15.4. The van der Waals surface area contributed by atoms with Crippen LogP contribution in [-0.2, 0) is 21.7 Å². The van der Waals surface area contributed by atoms with Crippen LogP contribution < -0.4 is 4.90 Å². The molecule has 1 spiro atoms. The van der Waals surface area contributed by atoms with Gasteiger partial charge < -0.3 is 4.90 Å². The molecule has 1 atom stereocenters. The Hall–Kier alpha value is -6.44. The molecule has 4 saturated carbocycles. The minimum absolute atomic E-state index is 0.00792. The highest BCUT2D eigenvalue weighted by atomic mass is 15.1. The van der Waals surface area contributed by atoms with Gasteiger partial charge in [-0.1, -0.05) is 180 Å². The normalized spacial score (nSPS) is 23.9. The fraction of sp³-hybridized carbons (Fsp3) is 0.273. The minimum atomic E-state index is -0.451. The topological polar surface area (TPSA) is 3.24 Å². The number of fused-ring (bicyclic) bond motifs is 13. The maximum absolute atomic E-state index is 2.57. The molecule has 0 amide bonds. The zero-order chi connectivity index (χ0) is 45.0. The van der Waals surface area contributed by atoms with Gasteiger partial charge in [0.2, 0.25) is 0 Å². The Morgan fingerprint density at radius 1 is 0.433 bits per heavy atom. The van der Waals surface area contributed by atoms with E-state index in [1.54, 1.807) is 5.56 Å². The van der Waals surface area contributed by atoms with Crippen LogP contribution in [0.1, 0.15) is 118 Å². The summed E-state index contributed by atoms with van der Waals surface area (Å²) in [4.78, 5) is 2.57. The SMILES string of the molecule is CC(C)(C)c1ccc2c(c1)C1(c3ccccc3-2)c2ccccc2-c2c(N(c3ccc(-c4ccc(C56CC7CC(CC(C7)C5)C6)cc4)cc3)c3ccc4c(c3)-c3ccccc3C4(C)C)cccc21. The van der Waals surface area contributed by atoms with Crippen LogP contribution in [0.5, 0.6) is 0 Å². The van der Waals surface area contributed by atoms with Crippen molar-refractivity contribution in [3.63, 3.8) is 0 Å². The van der Waals surface area contributed by atoms with Crippen LogP contribution >= 0.6 is 0 Å². The largest absolute Gasteiger partial charge is 0.310 e. The maximum Gasteiger partial charge on any atom is 0.0726 e. The van der Waals surface area contributed by atoms with Crippen LogP contribution in [0, 0.1) is 17.8 Å². The van der Waals surface area contributed by atoms with Crippen molar-refractivity contribution in [3.8, 4) is 44.5 Å². The van der Waals surface area contributed by atoms with Crippen LogP contribution in [-0.4, -0.2) is 0 Å². The van der Waals surface area contributed by atoms with Gasteiger partial charge in [-0.3, -0.25) is 0 Å². The van der Waals surface area contributed by atoms with Gasteiger partial charge in [-0.25, -0.2) is 0 Å². The van der Waals surface area contributed by atoms with Gasteiger partial charge in [0.1, 0.15) is 0 Å². The summed E-state index contributed by atoms with van der Waals surface area (Å²) in [6.45, 7) is 11.8. The molecule has 1 unspecified atom stereocenters. The monoisotopic (exact) mass is 865 g/mol. The van der Waals surface area contributed by atoms with Crippen molar-refractivity contribution in [1.82, 2.24) is 0 Å². The first-order valence-electron chi connectivity index (χ1n) is 25.3. The highest BCUT2D eigenvalue weighted by Crippen LogP contribution is 2.66. The first-order valence-corrected chi connectivity index (χ1v) is 25.3. The lowest BCUT2D eigenvalue weighted by molar-refractivity contribution is -0.00518. The Bertz CT molecular complexity index is 3300. The van der Waals surface area contributed by atoms with Crippen molar-refractivity contribution in [1.29, 1.82) is 0 Å². The Balaban J connectivity index is 0.947. The summed E-state index contributed by atoms with van der Waals surface area (Å²) in [5.74, 6) is 2.85. The summed E-state index contributed by atoms with van der Waals surface area (Å²) >= 11 is 0. The molecule has 7 aliphatic rings. The summed E-state index contributed by atoms with van der Waals surface area (Å²) in [5.41, 5.74) is 25.2. The van der Waals surface area contributed by atoms with E-state index in [1.807, 2.05) is 0 Å². The molecule has 4 fully saturated rings. The number of rotatable bonds is 5. The van der Waals surface area contributed by atoms with Gasteiger partial charge in [-0.2, -0.15) is 0 Å². The second kappa shape index (κ2) is 13.8. The molecular weight excluding hydrogens is 807 g/mol. The fourth-order valence-corrected chi connectivity index (χ4v) is 15.4. The molecule has 0 saturated heterocycles. The molecule has 7 aliphatic carbocycles. The third kappa shape index (κ3) is 5.49. The van der Waals surface area contributed by atoms with Gasteiger partial charge in [-0.15, -0.1) is 0 Å². The Kier molecular flexibility index (Phi) is 8.19. The predicted molar refractivity (Wildman–Crippen MR) is 279 cm³/mol. The average molecular weight is 866 g/mol. The van der Waals surface area contributed by atoms with Gasteiger partial charge >= 0.3 is 0 Å². The molecule has 0 aliphatic heterocycles. The van der Waals surface area contributed by atoms with Crippen molar-refractivity contribution < 1.29 is 0 Å². The third-order valence-electron chi connectivity index (χ3n) is 18.0. The molecule has 1 heteroatoms. The van der Waals surface area contributed by atoms with Crippen molar-refractivity contribution >= 4 is 17.1 Å². The van der Waals surface area contributed by atoms with Crippen molar-refractivity contribution in [2.24, 2.45) is 17.8 Å². The van der Waals surface area contributed by atoms with Gasteiger partial charge in [-0.05, 0) is 181 Å². The van der Waals surface area contributed by atoms with E-state index in [1.165, 1.54) is 133 Å². The van der Waals surface area contributed by atoms with Crippen molar-refractivity contribution in [3.05, 3.63) is 220 Å². The average Bonchev–Trinajstić information content (AvgIpc) is 3.90. The summed E-state index contributed by atoms with van der Waals surface area (Å²) in [6, 6.07) is 68.6. The number of benzene rings is 8. The maximum atomic E-state index is 2.57. The number of anilines is 3. The van der Waals surface area contributed by atoms with E-state index < -0.39 is 5.41 Å². The quantitative estimate of drug-likeness (QED) is 0.167. The molecule has 4 bridgehead atoms. The number of hydrogen-bond acceptors (Lipinski definition) is 1. The molecule has 0 aromatic heterocycles. The van der Waals surface area contributed by atoms with Crippen LogP contribution in [0.2, 0.25) is 0 Å². The van der Waals surface area contributed by atoms with E-state index >= 15 is 0 Å². The van der Waals surface area contributed by atoms with E-state index in [0.717, 1.165) is 23.4 Å². The molecule has 328 valence electrons. The number of nitrogens with zero attached hydrogens (tertiary/aromatic N) is 1. The second-order valence-corrected chi connectivity index (χ2v) is 23.1. The van der Waals surface area contributed by atoms with Gasteiger partial charge in [0.05, 0.1) is 11.1 Å². The Morgan fingerprint density at radius 3 is 1.61 bits per heavy atom.